The Morgan fingerprint density at radius 1 is 1.17 bits per heavy atom. The molecule has 0 unspecified atom stereocenters. The number of nitrogens with zero attached hydrogens (tertiary/aromatic N) is 2. The van der Waals surface area contributed by atoms with Crippen LogP contribution in [0.5, 0.6) is 6.01 Å². The molecule has 3 rings (SSSR count). The predicted molar refractivity (Wildman–Crippen MR) is 74.4 cm³/mol. The smallest absolute Gasteiger partial charge is 0.416 e. The first-order valence-corrected chi connectivity index (χ1v) is 7.00. The molecule has 122 valence electrons. The second kappa shape index (κ2) is 6.02. The van der Waals surface area contributed by atoms with E-state index < -0.39 is 17.6 Å². The van der Waals surface area contributed by atoms with E-state index in [0.717, 1.165) is 31.2 Å². The topological polar surface area (TPSA) is 47.0 Å². The van der Waals surface area contributed by atoms with Crippen LogP contribution in [-0.2, 0) is 12.8 Å². The van der Waals surface area contributed by atoms with Crippen molar-refractivity contribution < 1.29 is 22.3 Å². The predicted octanol–water partition coefficient (Wildman–Crippen LogP) is 3.79. The summed E-state index contributed by atoms with van der Waals surface area (Å²) < 4.78 is 56.2. The molecule has 1 aromatic carbocycles. The molecule has 1 heterocycles. The summed E-state index contributed by atoms with van der Waals surface area (Å²) in [5, 5.41) is 2.92. The molecule has 0 radical (unpaired) electrons. The summed E-state index contributed by atoms with van der Waals surface area (Å²) in [7, 11) is 0. The van der Waals surface area contributed by atoms with Gasteiger partial charge in [0.1, 0.15) is 6.61 Å². The Balaban J connectivity index is 1.63. The first kappa shape index (κ1) is 15.5. The molecule has 1 aliphatic carbocycles. The van der Waals surface area contributed by atoms with E-state index in [1.54, 1.807) is 0 Å². The molecule has 1 saturated carbocycles. The Labute approximate surface area is 129 Å². The van der Waals surface area contributed by atoms with Gasteiger partial charge >= 0.3 is 12.2 Å². The standard InChI is InChI=1S/C15H13F4N3O/c16-12-7-20-14(22-13(12)21-11-5-6-11)23-8-9-1-3-10(4-2-9)15(17,18)19/h1-4,7,11H,5-6,8H2,(H,20,21,22). The van der Waals surface area contributed by atoms with Crippen LogP contribution in [0, 0.1) is 5.82 Å². The normalized spacial score (nSPS) is 14.6. The minimum absolute atomic E-state index is 0.00730. The highest BCUT2D eigenvalue weighted by molar-refractivity contribution is 5.38. The van der Waals surface area contributed by atoms with Gasteiger partial charge in [-0.1, -0.05) is 12.1 Å². The van der Waals surface area contributed by atoms with Crippen LogP contribution in [0.4, 0.5) is 23.4 Å². The zero-order chi connectivity index (χ0) is 16.4. The maximum atomic E-state index is 13.5. The Kier molecular flexibility index (Phi) is 4.06. The summed E-state index contributed by atoms with van der Waals surface area (Å²) in [6.07, 6.45) is -1.45. The monoisotopic (exact) mass is 327 g/mol. The second-order valence-corrected chi connectivity index (χ2v) is 5.25. The molecule has 0 saturated heterocycles. The van der Waals surface area contributed by atoms with Crippen molar-refractivity contribution in [3.63, 3.8) is 0 Å². The quantitative estimate of drug-likeness (QED) is 0.849. The number of nitrogens with one attached hydrogen (secondary N) is 1. The van der Waals surface area contributed by atoms with E-state index in [-0.39, 0.29) is 24.5 Å². The number of alkyl halides is 3. The van der Waals surface area contributed by atoms with Gasteiger partial charge in [0.15, 0.2) is 11.6 Å². The minimum atomic E-state index is -4.37. The lowest BCUT2D eigenvalue weighted by Gasteiger charge is -2.09. The van der Waals surface area contributed by atoms with Crippen LogP contribution >= 0.6 is 0 Å². The van der Waals surface area contributed by atoms with Crippen molar-refractivity contribution >= 4 is 5.82 Å². The fourth-order valence-corrected chi connectivity index (χ4v) is 1.88. The Bertz CT molecular complexity index is 684. The van der Waals surface area contributed by atoms with Crippen LogP contribution in [-0.4, -0.2) is 16.0 Å². The fourth-order valence-electron chi connectivity index (χ4n) is 1.88. The van der Waals surface area contributed by atoms with Gasteiger partial charge in [0.05, 0.1) is 11.8 Å². The number of rotatable bonds is 5. The molecular weight excluding hydrogens is 314 g/mol. The summed E-state index contributed by atoms with van der Waals surface area (Å²) in [5.41, 5.74) is -0.196. The van der Waals surface area contributed by atoms with E-state index in [0.29, 0.717) is 5.56 Å². The van der Waals surface area contributed by atoms with E-state index in [2.05, 4.69) is 15.3 Å². The third-order valence-corrected chi connectivity index (χ3v) is 3.29. The van der Waals surface area contributed by atoms with E-state index in [1.165, 1.54) is 12.1 Å². The van der Waals surface area contributed by atoms with Crippen molar-refractivity contribution in [1.82, 2.24) is 9.97 Å². The van der Waals surface area contributed by atoms with Gasteiger partial charge in [-0.2, -0.15) is 18.2 Å². The second-order valence-electron chi connectivity index (χ2n) is 5.25. The highest BCUT2D eigenvalue weighted by atomic mass is 19.4. The highest BCUT2D eigenvalue weighted by Gasteiger charge is 2.30. The Morgan fingerprint density at radius 2 is 1.87 bits per heavy atom. The number of hydrogen-bond donors (Lipinski definition) is 1. The van der Waals surface area contributed by atoms with E-state index >= 15 is 0 Å². The molecule has 4 nitrogen and oxygen atoms in total. The molecule has 8 heteroatoms. The summed E-state index contributed by atoms with van der Waals surface area (Å²) in [4.78, 5) is 7.64. The van der Waals surface area contributed by atoms with Gasteiger partial charge in [-0.05, 0) is 30.5 Å². The Morgan fingerprint density at radius 3 is 2.48 bits per heavy atom. The van der Waals surface area contributed by atoms with Gasteiger partial charge in [-0.3, -0.25) is 0 Å². The van der Waals surface area contributed by atoms with Crippen LogP contribution in [0.15, 0.2) is 30.5 Å². The van der Waals surface area contributed by atoms with Gasteiger partial charge in [-0.25, -0.2) is 9.37 Å². The van der Waals surface area contributed by atoms with E-state index in [4.69, 9.17) is 4.74 Å². The highest BCUT2D eigenvalue weighted by Crippen LogP contribution is 2.29. The van der Waals surface area contributed by atoms with Crippen LogP contribution in [0.25, 0.3) is 0 Å². The molecule has 2 aromatic rings. The third kappa shape index (κ3) is 4.08. The Hall–Kier alpha value is -2.38. The third-order valence-electron chi connectivity index (χ3n) is 3.29. The molecule has 1 aromatic heterocycles. The van der Waals surface area contributed by atoms with Crippen molar-refractivity contribution in [1.29, 1.82) is 0 Å². The van der Waals surface area contributed by atoms with Crippen LogP contribution in [0.1, 0.15) is 24.0 Å². The van der Waals surface area contributed by atoms with Gasteiger partial charge in [0, 0.05) is 6.04 Å². The lowest BCUT2D eigenvalue weighted by atomic mass is 10.1. The SMILES string of the molecule is Fc1cnc(OCc2ccc(C(F)(F)F)cc2)nc1NC1CC1. The lowest BCUT2D eigenvalue weighted by molar-refractivity contribution is -0.137. The fraction of sp³-hybridized carbons (Fsp3) is 0.333. The van der Waals surface area contributed by atoms with Crippen molar-refractivity contribution in [3.8, 4) is 6.01 Å². The number of hydrogen-bond acceptors (Lipinski definition) is 4. The molecule has 0 atom stereocenters. The van der Waals surface area contributed by atoms with Crippen molar-refractivity contribution in [2.75, 3.05) is 5.32 Å². The first-order chi connectivity index (χ1) is 10.9. The number of anilines is 1. The van der Waals surface area contributed by atoms with Gasteiger partial charge < -0.3 is 10.1 Å². The molecule has 0 aliphatic heterocycles. The van der Waals surface area contributed by atoms with Crippen molar-refractivity contribution in [2.24, 2.45) is 0 Å². The zero-order valence-electron chi connectivity index (χ0n) is 11.9. The largest absolute Gasteiger partial charge is 0.459 e. The molecule has 1 aliphatic rings. The van der Waals surface area contributed by atoms with Crippen LogP contribution < -0.4 is 10.1 Å². The zero-order valence-corrected chi connectivity index (χ0v) is 11.9. The summed E-state index contributed by atoms with van der Waals surface area (Å²) >= 11 is 0. The summed E-state index contributed by atoms with van der Waals surface area (Å²) in [6.45, 7) is -0.00730. The minimum Gasteiger partial charge on any atom is -0.459 e. The van der Waals surface area contributed by atoms with E-state index in [9.17, 15) is 17.6 Å². The number of halogens is 4. The molecule has 23 heavy (non-hydrogen) atoms. The molecule has 1 N–H and O–H groups in total. The molecule has 0 bridgehead atoms. The maximum Gasteiger partial charge on any atom is 0.416 e. The van der Waals surface area contributed by atoms with Crippen LogP contribution in [0.2, 0.25) is 0 Å². The maximum absolute atomic E-state index is 13.5. The van der Waals surface area contributed by atoms with Crippen LogP contribution in [0.3, 0.4) is 0 Å². The van der Waals surface area contributed by atoms with Gasteiger partial charge in [-0.15, -0.1) is 0 Å². The molecule has 1 fully saturated rings. The first-order valence-electron chi connectivity index (χ1n) is 7.00. The molecule has 0 spiro atoms. The molecular formula is C15H13F4N3O. The van der Waals surface area contributed by atoms with Crippen molar-refractivity contribution in [3.05, 3.63) is 47.4 Å². The number of ether oxygens (including phenoxy) is 1. The molecule has 0 amide bonds. The lowest BCUT2D eigenvalue weighted by Crippen LogP contribution is -2.08. The number of benzene rings is 1. The average molecular weight is 327 g/mol. The van der Waals surface area contributed by atoms with Gasteiger partial charge in [0.25, 0.3) is 0 Å². The van der Waals surface area contributed by atoms with Crippen molar-refractivity contribution in [2.45, 2.75) is 31.7 Å². The number of aromatic nitrogens is 2. The summed E-state index contributed by atoms with van der Waals surface area (Å²) in [6, 6.07) is 4.77. The van der Waals surface area contributed by atoms with Gasteiger partial charge in [0.2, 0.25) is 0 Å². The summed E-state index contributed by atoms with van der Waals surface area (Å²) in [5.74, 6) is -0.497. The van der Waals surface area contributed by atoms with E-state index in [1.807, 2.05) is 0 Å². The average Bonchev–Trinajstić information content (AvgIpc) is 3.32.